The summed E-state index contributed by atoms with van der Waals surface area (Å²) in [4.78, 5) is 15.4. The summed E-state index contributed by atoms with van der Waals surface area (Å²) in [5.41, 5.74) is 4.23. The van der Waals surface area contributed by atoms with Crippen LogP contribution in [0, 0.1) is 11.3 Å². The minimum atomic E-state index is -0.983. The number of ether oxygens (including phenoxy) is 1. The smallest absolute Gasteiger partial charge is 0.337 e. The molecule has 6 heteroatoms. The Morgan fingerprint density at radius 1 is 1.28 bits per heavy atom. The number of aromatic carboxylic acids is 1. The summed E-state index contributed by atoms with van der Waals surface area (Å²) >= 11 is 0. The van der Waals surface area contributed by atoms with Gasteiger partial charge in [-0.1, -0.05) is 30.3 Å². The van der Waals surface area contributed by atoms with Crippen molar-refractivity contribution in [3.8, 4) is 22.9 Å². The van der Waals surface area contributed by atoms with Crippen LogP contribution in [-0.2, 0) is 0 Å². The van der Waals surface area contributed by atoms with Gasteiger partial charge in [-0.05, 0) is 41.3 Å². The molecule has 2 heterocycles. The number of carboxylic acids is 1. The first kappa shape index (κ1) is 18.5. The van der Waals surface area contributed by atoms with E-state index in [-0.39, 0.29) is 11.5 Å². The van der Waals surface area contributed by atoms with Crippen LogP contribution < -0.4 is 10.1 Å². The molecule has 0 amide bonds. The second-order valence-electron chi connectivity index (χ2n) is 6.85. The summed E-state index contributed by atoms with van der Waals surface area (Å²) < 4.78 is 5.89. The zero-order valence-electron chi connectivity index (χ0n) is 15.6. The van der Waals surface area contributed by atoms with Crippen LogP contribution in [0.25, 0.3) is 11.1 Å². The molecule has 0 spiro atoms. The van der Waals surface area contributed by atoms with E-state index in [4.69, 9.17) is 4.74 Å². The van der Waals surface area contributed by atoms with Gasteiger partial charge in [0, 0.05) is 18.7 Å². The monoisotopic (exact) mass is 385 g/mol. The summed E-state index contributed by atoms with van der Waals surface area (Å²) in [6.07, 6.45) is 3.83. The Bertz CT molecular complexity index is 1100. The lowest BCUT2D eigenvalue weighted by Crippen LogP contribution is -2.21. The molecule has 1 unspecified atom stereocenters. The molecule has 0 saturated heterocycles. The van der Waals surface area contributed by atoms with E-state index in [1.807, 2.05) is 36.4 Å². The molecule has 0 bridgehead atoms. The lowest BCUT2D eigenvalue weighted by molar-refractivity contribution is 0.0697. The molecule has 2 N–H and O–H groups in total. The van der Waals surface area contributed by atoms with E-state index in [0.717, 1.165) is 28.9 Å². The molecular formula is C23H19N3O3. The quantitative estimate of drug-likeness (QED) is 0.680. The Balaban J connectivity index is 1.58. The van der Waals surface area contributed by atoms with Crippen molar-refractivity contribution >= 4 is 11.7 Å². The maximum absolute atomic E-state index is 11.4. The first-order valence-electron chi connectivity index (χ1n) is 9.35. The Hall–Kier alpha value is -3.85. The molecule has 0 radical (unpaired) electrons. The van der Waals surface area contributed by atoms with E-state index in [9.17, 15) is 15.2 Å². The highest BCUT2D eigenvalue weighted by atomic mass is 16.5. The van der Waals surface area contributed by atoms with Gasteiger partial charge in [0.1, 0.15) is 5.75 Å². The van der Waals surface area contributed by atoms with Crippen LogP contribution in [0.2, 0.25) is 0 Å². The Kier molecular flexibility index (Phi) is 5.12. The third-order valence-electron chi connectivity index (χ3n) is 5.13. The number of hydrogen-bond acceptors (Lipinski definition) is 5. The lowest BCUT2D eigenvalue weighted by atomic mass is 9.90. The number of nitrogens with zero attached hydrogens (tertiary/aromatic N) is 2. The van der Waals surface area contributed by atoms with Crippen molar-refractivity contribution < 1.29 is 14.6 Å². The Labute approximate surface area is 168 Å². The topological polar surface area (TPSA) is 95.2 Å². The van der Waals surface area contributed by atoms with Crippen molar-refractivity contribution in [3.05, 3.63) is 77.6 Å². The zero-order valence-corrected chi connectivity index (χ0v) is 15.6. The molecule has 144 valence electrons. The van der Waals surface area contributed by atoms with Crippen molar-refractivity contribution in [2.45, 2.75) is 12.3 Å². The highest BCUT2D eigenvalue weighted by Gasteiger charge is 2.23. The van der Waals surface area contributed by atoms with E-state index in [1.165, 1.54) is 18.5 Å². The number of benzene rings is 2. The molecule has 1 aliphatic heterocycles. The number of nitriles is 1. The van der Waals surface area contributed by atoms with Gasteiger partial charge in [0.05, 0.1) is 35.7 Å². The van der Waals surface area contributed by atoms with Gasteiger partial charge in [-0.15, -0.1) is 0 Å². The summed E-state index contributed by atoms with van der Waals surface area (Å²) in [5, 5.41) is 21.9. The first-order valence-corrected chi connectivity index (χ1v) is 9.35. The molecule has 6 nitrogen and oxygen atoms in total. The molecule has 0 fully saturated rings. The normalized spacial score (nSPS) is 14.9. The van der Waals surface area contributed by atoms with Crippen molar-refractivity contribution in [2.75, 3.05) is 18.5 Å². The number of carbonyl (C=O) groups is 1. The van der Waals surface area contributed by atoms with Crippen LogP contribution in [0.3, 0.4) is 0 Å². The van der Waals surface area contributed by atoms with Crippen molar-refractivity contribution in [1.29, 1.82) is 5.26 Å². The van der Waals surface area contributed by atoms with E-state index in [1.54, 1.807) is 6.07 Å². The van der Waals surface area contributed by atoms with Gasteiger partial charge < -0.3 is 15.2 Å². The van der Waals surface area contributed by atoms with Crippen molar-refractivity contribution in [1.82, 2.24) is 4.98 Å². The number of hydrogen-bond donors (Lipinski definition) is 2. The van der Waals surface area contributed by atoms with Crippen LogP contribution in [0.5, 0.6) is 5.75 Å². The molecule has 29 heavy (non-hydrogen) atoms. The Morgan fingerprint density at radius 3 is 2.97 bits per heavy atom. The highest BCUT2D eigenvalue weighted by molar-refractivity contribution is 5.93. The molecule has 3 aromatic rings. The largest absolute Gasteiger partial charge is 0.493 e. The van der Waals surface area contributed by atoms with Crippen LogP contribution in [0.15, 0.2) is 60.9 Å². The standard InChI is InChI=1S/C23H19N3O3/c24-12-16-3-1-2-4-18(16)15-5-6-19-17(8-10-29-22(19)11-15)13-26-21-14-25-9-7-20(21)23(27)28/h1-7,9,11,14,17,26H,8,10,13H2,(H,27,28). The minimum Gasteiger partial charge on any atom is -0.493 e. The van der Waals surface area contributed by atoms with Gasteiger partial charge in [-0.25, -0.2) is 4.79 Å². The number of aromatic nitrogens is 1. The zero-order chi connectivity index (χ0) is 20.2. The SMILES string of the molecule is N#Cc1ccccc1-c1ccc2c(c1)OCCC2CNc1cnccc1C(=O)O. The summed E-state index contributed by atoms with van der Waals surface area (Å²) in [5.74, 6) is 0.00174. The summed E-state index contributed by atoms with van der Waals surface area (Å²) in [6, 6.07) is 17.2. The Morgan fingerprint density at radius 2 is 2.14 bits per heavy atom. The van der Waals surface area contributed by atoms with Crippen molar-refractivity contribution in [3.63, 3.8) is 0 Å². The van der Waals surface area contributed by atoms with Gasteiger partial charge in [0.25, 0.3) is 0 Å². The summed E-state index contributed by atoms with van der Waals surface area (Å²) in [7, 11) is 0. The van der Waals surface area contributed by atoms with E-state index < -0.39 is 5.97 Å². The predicted octanol–water partition coefficient (Wildman–Crippen LogP) is 4.30. The fraction of sp³-hybridized carbons (Fsp3) is 0.174. The fourth-order valence-corrected chi connectivity index (χ4v) is 3.63. The molecule has 0 saturated carbocycles. The van der Waals surface area contributed by atoms with E-state index >= 15 is 0 Å². The van der Waals surface area contributed by atoms with Crippen LogP contribution in [-0.4, -0.2) is 29.2 Å². The third-order valence-corrected chi connectivity index (χ3v) is 5.13. The maximum Gasteiger partial charge on any atom is 0.337 e. The fourth-order valence-electron chi connectivity index (χ4n) is 3.63. The van der Waals surface area contributed by atoms with Gasteiger partial charge in [-0.3, -0.25) is 4.98 Å². The number of anilines is 1. The lowest BCUT2D eigenvalue weighted by Gasteiger charge is -2.27. The minimum absolute atomic E-state index is 0.181. The second kappa shape index (κ2) is 8.03. The van der Waals surface area contributed by atoms with E-state index in [2.05, 4.69) is 16.4 Å². The number of rotatable bonds is 5. The van der Waals surface area contributed by atoms with Gasteiger partial charge in [-0.2, -0.15) is 5.26 Å². The van der Waals surface area contributed by atoms with Gasteiger partial charge in [0.15, 0.2) is 0 Å². The van der Waals surface area contributed by atoms with E-state index in [0.29, 0.717) is 24.4 Å². The highest BCUT2D eigenvalue weighted by Crippen LogP contribution is 2.37. The van der Waals surface area contributed by atoms with Crippen LogP contribution >= 0.6 is 0 Å². The number of carboxylic acid groups (broad SMARTS) is 1. The maximum atomic E-state index is 11.4. The molecule has 4 rings (SSSR count). The molecular weight excluding hydrogens is 366 g/mol. The third kappa shape index (κ3) is 3.76. The number of pyridine rings is 1. The predicted molar refractivity (Wildman–Crippen MR) is 109 cm³/mol. The second-order valence-corrected chi connectivity index (χ2v) is 6.85. The van der Waals surface area contributed by atoms with Gasteiger partial charge >= 0.3 is 5.97 Å². The first-order chi connectivity index (χ1) is 14.2. The molecule has 2 aromatic carbocycles. The average molecular weight is 385 g/mol. The number of fused-ring (bicyclic) bond motifs is 1. The van der Waals surface area contributed by atoms with Crippen molar-refractivity contribution in [2.24, 2.45) is 0 Å². The molecule has 1 aromatic heterocycles. The van der Waals surface area contributed by atoms with Crippen LogP contribution in [0.4, 0.5) is 5.69 Å². The summed E-state index contributed by atoms with van der Waals surface area (Å²) in [6.45, 7) is 1.16. The number of nitrogens with one attached hydrogen (secondary N) is 1. The molecule has 1 aliphatic rings. The molecule has 1 atom stereocenters. The van der Waals surface area contributed by atoms with Crippen LogP contribution in [0.1, 0.15) is 33.8 Å². The average Bonchev–Trinajstić information content (AvgIpc) is 2.77. The molecule has 0 aliphatic carbocycles. The van der Waals surface area contributed by atoms with Gasteiger partial charge in [0.2, 0.25) is 0 Å².